The summed E-state index contributed by atoms with van der Waals surface area (Å²) in [6.07, 6.45) is 1.58. The van der Waals surface area contributed by atoms with Crippen LogP contribution in [0.4, 0.5) is 0 Å². The van der Waals surface area contributed by atoms with Crippen LogP contribution in [0.1, 0.15) is 23.2 Å². The van der Waals surface area contributed by atoms with Crippen LogP contribution in [0.15, 0.2) is 53.1 Å². The monoisotopic (exact) mass is 325 g/mol. The second kappa shape index (κ2) is 7.04. The summed E-state index contributed by atoms with van der Waals surface area (Å²) < 4.78 is 12.2. The zero-order chi connectivity index (χ0) is 16.9. The maximum atomic E-state index is 12.3. The van der Waals surface area contributed by atoms with Crippen molar-refractivity contribution < 1.29 is 13.9 Å². The molecule has 0 radical (unpaired) electrons. The van der Waals surface area contributed by atoms with E-state index in [4.69, 9.17) is 9.15 Å². The van der Waals surface area contributed by atoms with Crippen molar-refractivity contribution >= 4 is 5.91 Å². The van der Waals surface area contributed by atoms with Crippen molar-refractivity contribution in [1.82, 2.24) is 15.1 Å². The largest absolute Gasteiger partial charge is 0.497 e. The quantitative estimate of drug-likeness (QED) is 0.756. The predicted octanol–water partition coefficient (Wildman–Crippen LogP) is 3.10. The molecule has 24 heavy (non-hydrogen) atoms. The number of furan rings is 1. The van der Waals surface area contributed by atoms with E-state index in [9.17, 15) is 4.79 Å². The van der Waals surface area contributed by atoms with Crippen LogP contribution in [-0.4, -0.2) is 22.8 Å². The summed E-state index contributed by atoms with van der Waals surface area (Å²) in [5, 5.41) is 7.20. The lowest BCUT2D eigenvalue weighted by Crippen LogP contribution is -2.23. The number of carbonyl (C=O) groups is 1. The Balaban J connectivity index is 1.79. The third-order valence-electron chi connectivity index (χ3n) is 3.70. The van der Waals surface area contributed by atoms with E-state index in [0.717, 1.165) is 17.0 Å². The van der Waals surface area contributed by atoms with Gasteiger partial charge in [-0.3, -0.25) is 9.48 Å². The number of aryl methyl sites for hydroxylation is 1. The van der Waals surface area contributed by atoms with Crippen LogP contribution in [0, 0.1) is 0 Å². The van der Waals surface area contributed by atoms with E-state index < -0.39 is 0 Å². The molecule has 6 nitrogen and oxygen atoms in total. The maximum Gasteiger partial charge on any atom is 0.272 e. The summed E-state index contributed by atoms with van der Waals surface area (Å²) in [5.74, 6) is 1.26. The maximum absolute atomic E-state index is 12.3. The number of hydrogen-bond acceptors (Lipinski definition) is 4. The number of methoxy groups -OCH3 is 1. The first-order chi connectivity index (χ1) is 11.7. The number of benzene rings is 1. The van der Waals surface area contributed by atoms with E-state index in [1.54, 1.807) is 25.5 Å². The van der Waals surface area contributed by atoms with Crippen LogP contribution in [0.3, 0.4) is 0 Å². The van der Waals surface area contributed by atoms with E-state index in [0.29, 0.717) is 24.5 Å². The number of ether oxygens (including phenoxy) is 1. The highest BCUT2D eigenvalue weighted by atomic mass is 16.5. The minimum Gasteiger partial charge on any atom is -0.497 e. The van der Waals surface area contributed by atoms with Crippen molar-refractivity contribution in [3.8, 4) is 17.0 Å². The average Bonchev–Trinajstić information content (AvgIpc) is 3.29. The highest BCUT2D eigenvalue weighted by Crippen LogP contribution is 2.23. The van der Waals surface area contributed by atoms with Crippen molar-refractivity contribution in [3.63, 3.8) is 0 Å². The number of aromatic nitrogens is 2. The molecule has 0 aliphatic heterocycles. The number of rotatable bonds is 6. The lowest BCUT2D eigenvalue weighted by molar-refractivity contribution is 0.0942. The second-order valence-electron chi connectivity index (χ2n) is 5.22. The second-order valence-corrected chi connectivity index (χ2v) is 5.22. The minimum absolute atomic E-state index is 0.228. The molecule has 2 heterocycles. The summed E-state index contributed by atoms with van der Waals surface area (Å²) in [5.41, 5.74) is 2.26. The molecule has 6 heteroatoms. The van der Waals surface area contributed by atoms with Gasteiger partial charge in [0.15, 0.2) is 5.69 Å². The lowest BCUT2D eigenvalue weighted by Gasteiger charge is -2.05. The zero-order valence-electron chi connectivity index (χ0n) is 13.7. The summed E-state index contributed by atoms with van der Waals surface area (Å²) >= 11 is 0. The van der Waals surface area contributed by atoms with Gasteiger partial charge in [-0.2, -0.15) is 5.10 Å². The molecule has 0 fully saturated rings. The zero-order valence-corrected chi connectivity index (χ0v) is 13.7. The molecule has 2 aromatic heterocycles. The number of nitrogens with zero attached hydrogens (tertiary/aromatic N) is 2. The molecule has 3 rings (SSSR count). The third-order valence-corrected chi connectivity index (χ3v) is 3.70. The summed E-state index contributed by atoms with van der Waals surface area (Å²) in [6, 6.07) is 13.1. The number of amides is 1. The first-order valence-electron chi connectivity index (χ1n) is 7.74. The highest BCUT2D eigenvalue weighted by Gasteiger charge is 2.15. The molecule has 3 aromatic rings. The van der Waals surface area contributed by atoms with Gasteiger partial charge in [-0.15, -0.1) is 0 Å². The molecule has 0 saturated heterocycles. The highest BCUT2D eigenvalue weighted by molar-refractivity contribution is 5.93. The van der Waals surface area contributed by atoms with Crippen molar-refractivity contribution in [2.75, 3.05) is 7.11 Å². The average molecular weight is 325 g/mol. The fourth-order valence-corrected chi connectivity index (χ4v) is 2.43. The molecule has 0 spiro atoms. The van der Waals surface area contributed by atoms with Crippen LogP contribution < -0.4 is 10.1 Å². The Bertz CT molecular complexity index is 805. The van der Waals surface area contributed by atoms with Gasteiger partial charge in [-0.1, -0.05) is 0 Å². The van der Waals surface area contributed by atoms with Crippen LogP contribution in [0.2, 0.25) is 0 Å². The molecule has 0 aliphatic rings. The van der Waals surface area contributed by atoms with E-state index in [2.05, 4.69) is 10.4 Å². The van der Waals surface area contributed by atoms with Crippen molar-refractivity contribution in [3.05, 3.63) is 60.2 Å². The van der Waals surface area contributed by atoms with Crippen LogP contribution in [0.25, 0.3) is 11.3 Å². The summed E-state index contributed by atoms with van der Waals surface area (Å²) in [6.45, 7) is 3.00. The van der Waals surface area contributed by atoms with Crippen molar-refractivity contribution in [1.29, 1.82) is 0 Å². The minimum atomic E-state index is -0.228. The van der Waals surface area contributed by atoms with Crippen molar-refractivity contribution in [2.24, 2.45) is 0 Å². The topological polar surface area (TPSA) is 69.3 Å². The van der Waals surface area contributed by atoms with Gasteiger partial charge in [0.2, 0.25) is 0 Å². The molecule has 0 bridgehead atoms. The Morgan fingerprint density at radius 1 is 1.29 bits per heavy atom. The van der Waals surface area contributed by atoms with Gasteiger partial charge in [0.25, 0.3) is 5.91 Å². The molecule has 124 valence electrons. The summed E-state index contributed by atoms with van der Waals surface area (Å²) in [4.78, 5) is 12.3. The number of carbonyl (C=O) groups excluding carboxylic acids is 1. The fraction of sp³-hybridized carbons (Fsp3) is 0.222. The fourth-order valence-electron chi connectivity index (χ4n) is 2.43. The first kappa shape index (κ1) is 15.9. The summed E-state index contributed by atoms with van der Waals surface area (Å²) in [7, 11) is 1.63. The first-order valence-corrected chi connectivity index (χ1v) is 7.74. The molecule has 1 amide bonds. The van der Waals surface area contributed by atoms with Gasteiger partial charge in [-0.25, -0.2) is 0 Å². The smallest absolute Gasteiger partial charge is 0.272 e. The molecule has 0 unspecified atom stereocenters. The van der Waals surface area contributed by atoms with Crippen LogP contribution in [0.5, 0.6) is 5.75 Å². The van der Waals surface area contributed by atoms with E-state index in [1.165, 1.54) is 0 Å². The molecular formula is C18H19N3O3. The molecule has 1 aromatic carbocycles. The Labute approximate surface area is 140 Å². The van der Waals surface area contributed by atoms with Gasteiger partial charge < -0.3 is 14.5 Å². The third kappa shape index (κ3) is 3.32. The van der Waals surface area contributed by atoms with Gasteiger partial charge in [0, 0.05) is 12.1 Å². The Morgan fingerprint density at radius 2 is 2.08 bits per heavy atom. The number of hydrogen-bond donors (Lipinski definition) is 1. The van der Waals surface area contributed by atoms with Gasteiger partial charge in [0.1, 0.15) is 11.5 Å². The van der Waals surface area contributed by atoms with E-state index in [-0.39, 0.29) is 5.91 Å². The standard InChI is InChI=1S/C18H19N3O3/c1-3-21-17(13-6-8-14(23-2)9-7-13)11-16(20-21)18(22)19-12-15-5-4-10-24-15/h4-11H,3,12H2,1-2H3,(H,19,22). The normalized spacial score (nSPS) is 10.6. The Kier molecular flexibility index (Phi) is 4.65. The molecule has 1 N–H and O–H groups in total. The van der Waals surface area contributed by atoms with E-state index >= 15 is 0 Å². The Morgan fingerprint density at radius 3 is 2.71 bits per heavy atom. The number of nitrogens with one attached hydrogen (secondary N) is 1. The van der Waals surface area contributed by atoms with Crippen LogP contribution >= 0.6 is 0 Å². The molecule has 0 atom stereocenters. The Hall–Kier alpha value is -3.02. The molecule has 0 aliphatic carbocycles. The van der Waals surface area contributed by atoms with Crippen molar-refractivity contribution in [2.45, 2.75) is 20.0 Å². The van der Waals surface area contributed by atoms with E-state index in [1.807, 2.05) is 41.9 Å². The van der Waals surface area contributed by atoms with Crippen LogP contribution in [-0.2, 0) is 13.1 Å². The molecule has 0 saturated carbocycles. The predicted molar refractivity (Wildman–Crippen MR) is 89.8 cm³/mol. The lowest BCUT2D eigenvalue weighted by atomic mass is 10.1. The SMILES string of the molecule is CCn1nc(C(=O)NCc2ccco2)cc1-c1ccc(OC)cc1. The van der Waals surface area contributed by atoms with Gasteiger partial charge in [0.05, 0.1) is 25.6 Å². The molecular weight excluding hydrogens is 306 g/mol. The van der Waals surface area contributed by atoms with Gasteiger partial charge in [-0.05, 0) is 49.4 Å². The van der Waals surface area contributed by atoms with Gasteiger partial charge >= 0.3 is 0 Å².